The van der Waals surface area contributed by atoms with Crippen LogP contribution in [0.25, 0.3) is 0 Å². The van der Waals surface area contributed by atoms with Gasteiger partial charge in [-0.3, -0.25) is 4.68 Å². The van der Waals surface area contributed by atoms with Crippen LogP contribution in [0.3, 0.4) is 0 Å². The van der Waals surface area contributed by atoms with E-state index in [4.69, 9.17) is 0 Å². The van der Waals surface area contributed by atoms with Gasteiger partial charge < -0.3 is 5.11 Å². The Kier molecular flexibility index (Phi) is 4.15. The van der Waals surface area contributed by atoms with Crippen LogP contribution in [-0.4, -0.2) is 14.9 Å². The zero-order chi connectivity index (χ0) is 13.0. The molecule has 1 atom stereocenters. The quantitative estimate of drug-likeness (QED) is 0.878. The molecule has 0 amide bonds. The van der Waals surface area contributed by atoms with E-state index in [-0.39, 0.29) is 0 Å². The van der Waals surface area contributed by atoms with Crippen LogP contribution in [0.1, 0.15) is 43.1 Å². The first-order chi connectivity index (χ1) is 8.74. The first-order valence-electron chi connectivity index (χ1n) is 6.53. The van der Waals surface area contributed by atoms with E-state index in [1.54, 1.807) is 6.20 Å². The molecule has 0 aliphatic heterocycles. The molecule has 0 fully saturated rings. The zero-order valence-electron chi connectivity index (χ0n) is 11.0. The van der Waals surface area contributed by atoms with Crippen LogP contribution in [0, 0.1) is 0 Å². The van der Waals surface area contributed by atoms with Crippen LogP contribution < -0.4 is 0 Å². The van der Waals surface area contributed by atoms with Gasteiger partial charge in [-0.2, -0.15) is 5.10 Å². The average Bonchev–Trinajstić information content (AvgIpc) is 2.87. The lowest BCUT2D eigenvalue weighted by molar-refractivity contribution is 0.220. The number of aliphatic hydroxyl groups is 1. The third-order valence-corrected chi connectivity index (χ3v) is 3.10. The van der Waals surface area contributed by atoms with Crippen molar-refractivity contribution in [3.63, 3.8) is 0 Å². The second-order valence-corrected chi connectivity index (χ2v) is 4.53. The van der Waals surface area contributed by atoms with E-state index in [1.165, 1.54) is 5.56 Å². The van der Waals surface area contributed by atoms with Crippen molar-refractivity contribution < 1.29 is 5.11 Å². The first kappa shape index (κ1) is 12.8. The Bertz CT molecular complexity index is 505. The van der Waals surface area contributed by atoms with E-state index in [2.05, 4.69) is 24.2 Å². The van der Waals surface area contributed by atoms with Crippen LogP contribution in [0.15, 0.2) is 36.7 Å². The highest BCUT2D eigenvalue weighted by atomic mass is 16.3. The SMILES string of the molecule is CCCc1cccc(C(O)c2cnn(CC)c2)c1. The van der Waals surface area contributed by atoms with E-state index in [0.717, 1.165) is 30.5 Å². The second-order valence-electron chi connectivity index (χ2n) is 4.53. The van der Waals surface area contributed by atoms with Crippen molar-refractivity contribution in [2.24, 2.45) is 0 Å². The minimum Gasteiger partial charge on any atom is -0.384 e. The molecule has 0 aliphatic rings. The van der Waals surface area contributed by atoms with E-state index >= 15 is 0 Å². The molecule has 0 radical (unpaired) electrons. The van der Waals surface area contributed by atoms with Crippen LogP contribution in [-0.2, 0) is 13.0 Å². The summed E-state index contributed by atoms with van der Waals surface area (Å²) in [6, 6.07) is 8.16. The Morgan fingerprint density at radius 3 is 2.78 bits per heavy atom. The average molecular weight is 244 g/mol. The maximum Gasteiger partial charge on any atom is 0.107 e. The predicted molar refractivity (Wildman–Crippen MR) is 72.4 cm³/mol. The van der Waals surface area contributed by atoms with Gasteiger partial charge in [-0.15, -0.1) is 0 Å². The number of benzene rings is 1. The number of aryl methyl sites for hydroxylation is 2. The van der Waals surface area contributed by atoms with Gasteiger partial charge in [0.25, 0.3) is 0 Å². The summed E-state index contributed by atoms with van der Waals surface area (Å²) in [5.41, 5.74) is 3.07. The highest BCUT2D eigenvalue weighted by Gasteiger charge is 2.12. The lowest BCUT2D eigenvalue weighted by Crippen LogP contribution is -1.99. The molecule has 0 spiro atoms. The summed E-state index contributed by atoms with van der Waals surface area (Å²) in [7, 11) is 0. The van der Waals surface area contributed by atoms with Gasteiger partial charge in [0.2, 0.25) is 0 Å². The van der Waals surface area contributed by atoms with E-state index in [1.807, 2.05) is 29.9 Å². The van der Waals surface area contributed by atoms with Gasteiger partial charge in [0.05, 0.1) is 6.20 Å². The van der Waals surface area contributed by atoms with Crippen LogP contribution in [0.5, 0.6) is 0 Å². The number of rotatable bonds is 5. The molecular formula is C15H20N2O. The molecule has 0 saturated heterocycles. The molecule has 0 saturated carbocycles. The van der Waals surface area contributed by atoms with Gasteiger partial charge in [0.1, 0.15) is 6.10 Å². The summed E-state index contributed by atoms with van der Waals surface area (Å²) >= 11 is 0. The molecule has 2 aromatic rings. The summed E-state index contributed by atoms with van der Waals surface area (Å²) in [5, 5.41) is 14.5. The van der Waals surface area contributed by atoms with Gasteiger partial charge in [0.15, 0.2) is 0 Å². The third kappa shape index (κ3) is 2.79. The molecule has 18 heavy (non-hydrogen) atoms. The Balaban J connectivity index is 2.21. The lowest BCUT2D eigenvalue weighted by Gasteiger charge is -2.10. The van der Waals surface area contributed by atoms with Gasteiger partial charge >= 0.3 is 0 Å². The van der Waals surface area contributed by atoms with Crippen molar-refractivity contribution in [3.8, 4) is 0 Å². The molecule has 3 heteroatoms. The van der Waals surface area contributed by atoms with E-state index < -0.39 is 6.10 Å². The molecule has 1 aromatic carbocycles. The highest BCUT2D eigenvalue weighted by Crippen LogP contribution is 2.22. The Hall–Kier alpha value is -1.61. The summed E-state index contributed by atoms with van der Waals surface area (Å²) < 4.78 is 1.83. The van der Waals surface area contributed by atoms with Crippen molar-refractivity contribution in [1.29, 1.82) is 0 Å². The van der Waals surface area contributed by atoms with Crippen molar-refractivity contribution >= 4 is 0 Å². The number of aromatic nitrogens is 2. The second kappa shape index (κ2) is 5.83. The van der Waals surface area contributed by atoms with Crippen LogP contribution in [0.2, 0.25) is 0 Å². The number of hydrogen-bond donors (Lipinski definition) is 1. The molecule has 1 unspecified atom stereocenters. The molecule has 1 aromatic heterocycles. The Morgan fingerprint density at radius 2 is 2.11 bits per heavy atom. The smallest absolute Gasteiger partial charge is 0.107 e. The molecule has 1 heterocycles. The zero-order valence-corrected chi connectivity index (χ0v) is 11.0. The molecule has 96 valence electrons. The molecular weight excluding hydrogens is 224 g/mol. The molecule has 3 nitrogen and oxygen atoms in total. The molecule has 1 N–H and O–H groups in total. The topological polar surface area (TPSA) is 38.1 Å². The maximum atomic E-state index is 10.3. The summed E-state index contributed by atoms with van der Waals surface area (Å²) in [6.07, 6.45) is 5.22. The molecule has 2 rings (SSSR count). The lowest BCUT2D eigenvalue weighted by atomic mass is 10.0. The standard InChI is InChI=1S/C15H20N2O/c1-3-6-12-7-5-8-13(9-12)15(18)14-10-16-17(4-2)11-14/h5,7-11,15,18H,3-4,6H2,1-2H3. The van der Waals surface area contributed by atoms with Crippen molar-refractivity contribution in [1.82, 2.24) is 9.78 Å². The van der Waals surface area contributed by atoms with Crippen molar-refractivity contribution in [3.05, 3.63) is 53.3 Å². The molecule has 0 bridgehead atoms. The highest BCUT2D eigenvalue weighted by molar-refractivity contribution is 5.30. The number of aliphatic hydroxyl groups excluding tert-OH is 1. The van der Waals surface area contributed by atoms with Crippen LogP contribution >= 0.6 is 0 Å². The largest absolute Gasteiger partial charge is 0.384 e. The van der Waals surface area contributed by atoms with Gasteiger partial charge in [-0.1, -0.05) is 37.6 Å². The van der Waals surface area contributed by atoms with E-state index in [0.29, 0.717) is 0 Å². The molecule has 0 aliphatic carbocycles. The van der Waals surface area contributed by atoms with Crippen molar-refractivity contribution in [2.75, 3.05) is 0 Å². The summed E-state index contributed by atoms with van der Waals surface area (Å²) in [5.74, 6) is 0. The summed E-state index contributed by atoms with van der Waals surface area (Å²) in [6.45, 7) is 5.02. The van der Waals surface area contributed by atoms with Crippen LogP contribution in [0.4, 0.5) is 0 Å². The fourth-order valence-electron chi connectivity index (χ4n) is 2.09. The first-order valence-corrected chi connectivity index (χ1v) is 6.53. The Labute approximate surface area is 108 Å². The van der Waals surface area contributed by atoms with Gasteiger partial charge in [-0.05, 0) is 24.5 Å². The number of hydrogen-bond acceptors (Lipinski definition) is 2. The number of nitrogens with zero attached hydrogens (tertiary/aromatic N) is 2. The monoisotopic (exact) mass is 244 g/mol. The van der Waals surface area contributed by atoms with Crippen molar-refractivity contribution in [2.45, 2.75) is 39.3 Å². The van der Waals surface area contributed by atoms with E-state index in [9.17, 15) is 5.11 Å². The Morgan fingerprint density at radius 1 is 1.28 bits per heavy atom. The van der Waals surface area contributed by atoms with Gasteiger partial charge in [-0.25, -0.2) is 0 Å². The predicted octanol–water partition coefficient (Wildman–Crippen LogP) is 2.94. The fourth-order valence-corrected chi connectivity index (χ4v) is 2.09. The van der Waals surface area contributed by atoms with Gasteiger partial charge in [0, 0.05) is 18.3 Å². The normalized spacial score (nSPS) is 12.6. The maximum absolute atomic E-state index is 10.3. The minimum absolute atomic E-state index is 0.581. The minimum atomic E-state index is -0.581. The fraction of sp³-hybridized carbons (Fsp3) is 0.400. The third-order valence-electron chi connectivity index (χ3n) is 3.10. The summed E-state index contributed by atoms with van der Waals surface area (Å²) in [4.78, 5) is 0.